The molecule has 1 aliphatic heterocycles. The van der Waals surface area contributed by atoms with Gasteiger partial charge in [0.25, 0.3) is 0 Å². The third kappa shape index (κ3) is 3.82. The number of ether oxygens (including phenoxy) is 2. The third-order valence-corrected chi connectivity index (χ3v) is 5.11. The first kappa shape index (κ1) is 18.4. The van der Waals surface area contributed by atoms with Crippen LogP contribution in [0, 0.1) is 0 Å². The highest BCUT2D eigenvalue weighted by Gasteiger charge is 2.33. The third-order valence-electron chi connectivity index (χ3n) is 4.85. The van der Waals surface area contributed by atoms with Gasteiger partial charge in [0.1, 0.15) is 17.2 Å². The molecule has 1 saturated heterocycles. The number of halogens is 1. The molecule has 0 unspecified atom stereocenters. The van der Waals surface area contributed by atoms with Crippen LogP contribution in [-0.2, 0) is 4.79 Å². The maximum Gasteiger partial charge on any atom is 0.227 e. The van der Waals surface area contributed by atoms with Crippen molar-refractivity contribution in [2.24, 2.45) is 0 Å². The van der Waals surface area contributed by atoms with Crippen LogP contribution in [0.4, 0.5) is 5.69 Å². The molecular formula is C23H20ClNO3. The van der Waals surface area contributed by atoms with Gasteiger partial charge in [0.15, 0.2) is 0 Å². The zero-order valence-corrected chi connectivity index (χ0v) is 16.2. The summed E-state index contributed by atoms with van der Waals surface area (Å²) in [5, 5.41) is 0.666. The molecule has 28 heavy (non-hydrogen) atoms. The summed E-state index contributed by atoms with van der Waals surface area (Å²) in [6.45, 7) is 0. The van der Waals surface area contributed by atoms with Crippen LogP contribution >= 0.6 is 11.6 Å². The Kier molecular flexibility index (Phi) is 5.22. The van der Waals surface area contributed by atoms with Gasteiger partial charge in [-0.05, 0) is 72.6 Å². The second-order valence-electron chi connectivity index (χ2n) is 6.64. The van der Waals surface area contributed by atoms with Crippen molar-refractivity contribution in [3.8, 4) is 17.2 Å². The van der Waals surface area contributed by atoms with E-state index in [9.17, 15) is 4.79 Å². The Bertz CT molecular complexity index is 970. The lowest BCUT2D eigenvalue weighted by atomic mass is 10.0. The van der Waals surface area contributed by atoms with Crippen LogP contribution in [0.25, 0.3) is 0 Å². The zero-order chi connectivity index (χ0) is 19.5. The fourth-order valence-corrected chi connectivity index (χ4v) is 3.61. The molecule has 0 bridgehead atoms. The van der Waals surface area contributed by atoms with Gasteiger partial charge in [-0.15, -0.1) is 0 Å². The maximum absolute atomic E-state index is 12.6. The average Bonchev–Trinajstić information content (AvgIpc) is 3.12. The molecule has 0 spiro atoms. The summed E-state index contributed by atoms with van der Waals surface area (Å²) in [4.78, 5) is 14.4. The lowest BCUT2D eigenvalue weighted by molar-refractivity contribution is -0.117. The van der Waals surface area contributed by atoms with Gasteiger partial charge in [-0.2, -0.15) is 0 Å². The van der Waals surface area contributed by atoms with Gasteiger partial charge in [-0.3, -0.25) is 4.79 Å². The van der Waals surface area contributed by atoms with Crippen molar-refractivity contribution < 1.29 is 14.3 Å². The minimum Gasteiger partial charge on any atom is -0.497 e. The Morgan fingerprint density at radius 2 is 1.61 bits per heavy atom. The molecule has 0 saturated carbocycles. The van der Waals surface area contributed by atoms with Crippen LogP contribution in [0.5, 0.6) is 17.2 Å². The molecule has 4 rings (SSSR count). The first-order valence-corrected chi connectivity index (χ1v) is 9.51. The summed E-state index contributed by atoms with van der Waals surface area (Å²) in [5.74, 6) is 2.34. The lowest BCUT2D eigenvalue weighted by Crippen LogP contribution is -2.27. The molecule has 3 aromatic rings. The van der Waals surface area contributed by atoms with Crippen molar-refractivity contribution >= 4 is 23.2 Å². The van der Waals surface area contributed by atoms with E-state index in [-0.39, 0.29) is 11.9 Å². The SMILES string of the molecule is COc1cccc([C@H]2CCC(=O)N2c2ccc(Oc3ccc(Cl)cc3)cc2)c1. The Morgan fingerprint density at radius 1 is 0.929 bits per heavy atom. The van der Waals surface area contributed by atoms with E-state index >= 15 is 0 Å². The molecule has 1 fully saturated rings. The second kappa shape index (κ2) is 7.95. The maximum atomic E-state index is 12.6. The van der Waals surface area contributed by atoms with Crippen LogP contribution in [0.15, 0.2) is 72.8 Å². The Hall–Kier alpha value is -2.98. The summed E-state index contributed by atoms with van der Waals surface area (Å²) < 4.78 is 11.2. The highest BCUT2D eigenvalue weighted by Crippen LogP contribution is 2.38. The highest BCUT2D eigenvalue weighted by atomic mass is 35.5. The summed E-state index contributed by atoms with van der Waals surface area (Å²) in [6.07, 6.45) is 1.32. The van der Waals surface area contributed by atoms with Gasteiger partial charge in [0.2, 0.25) is 5.91 Å². The van der Waals surface area contributed by atoms with Crippen molar-refractivity contribution in [2.45, 2.75) is 18.9 Å². The van der Waals surface area contributed by atoms with E-state index in [1.807, 2.05) is 65.6 Å². The van der Waals surface area contributed by atoms with Crippen molar-refractivity contribution in [1.82, 2.24) is 0 Å². The molecule has 0 N–H and O–H groups in total. The fourth-order valence-electron chi connectivity index (χ4n) is 3.49. The lowest BCUT2D eigenvalue weighted by Gasteiger charge is -2.25. The number of hydrogen-bond donors (Lipinski definition) is 0. The van der Waals surface area contributed by atoms with Gasteiger partial charge < -0.3 is 14.4 Å². The molecule has 1 aliphatic rings. The summed E-state index contributed by atoms with van der Waals surface area (Å²) >= 11 is 5.90. The molecular weight excluding hydrogens is 374 g/mol. The molecule has 0 radical (unpaired) electrons. The number of nitrogens with zero attached hydrogens (tertiary/aromatic N) is 1. The van der Waals surface area contributed by atoms with Gasteiger partial charge in [-0.25, -0.2) is 0 Å². The van der Waals surface area contributed by atoms with Gasteiger partial charge in [0, 0.05) is 17.1 Å². The van der Waals surface area contributed by atoms with Gasteiger partial charge in [0.05, 0.1) is 13.2 Å². The molecule has 4 nitrogen and oxygen atoms in total. The molecule has 0 aliphatic carbocycles. The van der Waals surface area contributed by atoms with E-state index in [1.54, 1.807) is 19.2 Å². The number of carbonyl (C=O) groups excluding carboxylic acids is 1. The first-order valence-electron chi connectivity index (χ1n) is 9.13. The van der Waals surface area contributed by atoms with E-state index < -0.39 is 0 Å². The predicted molar refractivity (Wildman–Crippen MR) is 110 cm³/mol. The minimum absolute atomic E-state index is 0.00522. The summed E-state index contributed by atoms with van der Waals surface area (Å²) in [5.41, 5.74) is 1.94. The number of benzene rings is 3. The van der Waals surface area contributed by atoms with Crippen LogP contribution in [0.1, 0.15) is 24.4 Å². The highest BCUT2D eigenvalue weighted by molar-refractivity contribution is 6.30. The Morgan fingerprint density at radius 3 is 2.29 bits per heavy atom. The standard InChI is InChI=1S/C23H20ClNO3/c1-27-21-4-2-3-16(15-21)22-13-14-23(26)25(22)18-7-11-20(12-8-18)28-19-9-5-17(24)6-10-19/h2-12,15,22H,13-14H2,1H3/t22-/m1/s1. The Labute approximate surface area is 169 Å². The van der Waals surface area contributed by atoms with Crippen molar-refractivity contribution in [3.63, 3.8) is 0 Å². The topological polar surface area (TPSA) is 38.8 Å². The van der Waals surface area contributed by atoms with Crippen LogP contribution in [0.2, 0.25) is 5.02 Å². The number of carbonyl (C=O) groups is 1. The Balaban J connectivity index is 1.56. The normalized spacial score (nSPS) is 16.3. The number of anilines is 1. The minimum atomic E-state index is 0.00522. The number of amides is 1. The van der Waals surface area contributed by atoms with Crippen molar-refractivity contribution in [1.29, 1.82) is 0 Å². The van der Waals surface area contributed by atoms with E-state index in [0.717, 1.165) is 23.4 Å². The van der Waals surface area contributed by atoms with Crippen molar-refractivity contribution in [3.05, 3.63) is 83.4 Å². The smallest absolute Gasteiger partial charge is 0.227 e. The fraction of sp³-hybridized carbons (Fsp3) is 0.174. The number of hydrogen-bond acceptors (Lipinski definition) is 3. The predicted octanol–water partition coefficient (Wildman–Crippen LogP) is 6.01. The number of rotatable bonds is 5. The van der Waals surface area contributed by atoms with E-state index in [4.69, 9.17) is 21.1 Å². The largest absolute Gasteiger partial charge is 0.497 e. The molecule has 142 valence electrons. The quantitative estimate of drug-likeness (QED) is 0.532. The van der Waals surface area contributed by atoms with E-state index in [2.05, 4.69) is 0 Å². The zero-order valence-electron chi connectivity index (χ0n) is 15.5. The van der Waals surface area contributed by atoms with E-state index in [1.165, 1.54) is 0 Å². The second-order valence-corrected chi connectivity index (χ2v) is 7.08. The van der Waals surface area contributed by atoms with Crippen molar-refractivity contribution in [2.75, 3.05) is 12.0 Å². The van der Waals surface area contributed by atoms with Crippen LogP contribution in [0.3, 0.4) is 0 Å². The molecule has 5 heteroatoms. The molecule has 1 atom stereocenters. The summed E-state index contributed by atoms with van der Waals surface area (Å²) in [6, 6.07) is 22.7. The van der Waals surface area contributed by atoms with Gasteiger partial charge >= 0.3 is 0 Å². The van der Waals surface area contributed by atoms with Gasteiger partial charge in [-0.1, -0.05) is 23.7 Å². The average molecular weight is 394 g/mol. The van der Waals surface area contributed by atoms with Crippen LogP contribution < -0.4 is 14.4 Å². The molecule has 0 aromatic heterocycles. The number of methoxy groups -OCH3 is 1. The summed E-state index contributed by atoms with van der Waals surface area (Å²) in [7, 11) is 1.65. The monoisotopic (exact) mass is 393 g/mol. The van der Waals surface area contributed by atoms with Crippen LogP contribution in [-0.4, -0.2) is 13.0 Å². The molecule has 1 amide bonds. The molecule has 1 heterocycles. The van der Waals surface area contributed by atoms with E-state index in [0.29, 0.717) is 22.9 Å². The molecule has 3 aromatic carbocycles. The first-order chi connectivity index (χ1) is 13.6.